The number of nitriles is 1. The summed E-state index contributed by atoms with van der Waals surface area (Å²) < 4.78 is 40.2. The number of aromatic nitrogens is 2. The Labute approximate surface area is 168 Å². The van der Waals surface area contributed by atoms with Crippen molar-refractivity contribution >= 4 is 28.7 Å². The summed E-state index contributed by atoms with van der Waals surface area (Å²) in [6.07, 6.45) is -3.76. The second-order valence-corrected chi connectivity index (χ2v) is 6.79. The molecule has 0 aliphatic carbocycles. The van der Waals surface area contributed by atoms with Gasteiger partial charge in [0.25, 0.3) is 0 Å². The van der Waals surface area contributed by atoms with E-state index in [2.05, 4.69) is 15.3 Å². The van der Waals surface area contributed by atoms with Crippen molar-refractivity contribution in [3.05, 3.63) is 47.5 Å². The molecule has 30 heavy (non-hydrogen) atoms. The molecule has 152 valence electrons. The van der Waals surface area contributed by atoms with Crippen LogP contribution >= 0.6 is 0 Å². The zero-order chi connectivity index (χ0) is 21.5. The molecule has 0 atom stereocenters. The lowest BCUT2D eigenvalue weighted by molar-refractivity contribution is -0.145. The highest BCUT2D eigenvalue weighted by atomic mass is 19.4. The van der Waals surface area contributed by atoms with E-state index in [1.807, 2.05) is 6.07 Å². The monoisotopic (exact) mass is 413 g/mol. The smallest absolute Gasteiger partial charge is 0.339 e. The number of H-pyrrole nitrogens is 1. The maximum atomic E-state index is 13.4. The number of alkyl halides is 3. The number of pyridine rings is 1. The number of amides is 2. The van der Waals surface area contributed by atoms with Crippen molar-refractivity contribution in [3.8, 4) is 17.3 Å². The fourth-order valence-electron chi connectivity index (χ4n) is 3.14. The van der Waals surface area contributed by atoms with Crippen molar-refractivity contribution in [2.75, 3.05) is 18.4 Å². The summed E-state index contributed by atoms with van der Waals surface area (Å²) in [5.74, 6) is -1.38. The fourth-order valence-corrected chi connectivity index (χ4v) is 3.14. The predicted octanol–water partition coefficient (Wildman–Crippen LogP) is 3.29. The molecule has 2 amide bonds. The summed E-state index contributed by atoms with van der Waals surface area (Å²) in [4.78, 5) is 32.3. The summed E-state index contributed by atoms with van der Waals surface area (Å²) >= 11 is 0. The highest BCUT2D eigenvalue weighted by Gasteiger charge is 2.34. The van der Waals surface area contributed by atoms with Crippen LogP contribution in [0.25, 0.3) is 22.3 Å². The molecule has 0 saturated carbocycles. The van der Waals surface area contributed by atoms with Crippen LogP contribution in [0.5, 0.6) is 0 Å². The standard InChI is InChI=1S/C20H14F3N5O2/c21-20(22,23)14-4-2-11(10-24)8-13(14)15-9-12-3-5-16(26-17(12)25-15)27-18(29)19(30)28-6-1-7-28/h2-5,8-9H,1,6-7H2,(H2,25,26,27,29). The van der Waals surface area contributed by atoms with E-state index in [1.54, 1.807) is 6.07 Å². The molecule has 0 bridgehead atoms. The average Bonchev–Trinajstić information content (AvgIpc) is 3.08. The fraction of sp³-hybridized carbons (Fsp3) is 0.200. The zero-order valence-corrected chi connectivity index (χ0v) is 15.4. The number of anilines is 1. The molecule has 1 aliphatic heterocycles. The molecular formula is C20H14F3N5O2. The molecule has 1 saturated heterocycles. The summed E-state index contributed by atoms with van der Waals surface area (Å²) in [7, 11) is 0. The van der Waals surface area contributed by atoms with E-state index in [4.69, 9.17) is 5.26 Å². The van der Waals surface area contributed by atoms with E-state index in [9.17, 15) is 22.8 Å². The van der Waals surface area contributed by atoms with Crippen LogP contribution in [0.2, 0.25) is 0 Å². The third-order valence-electron chi connectivity index (χ3n) is 4.80. The van der Waals surface area contributed by atoms with Gasteiger partial charge in [-0.3, -0.25) is 9.59 Å². The second-order valence-electron chi connectivity index (χ2n) is 6.79. The highest BCUT2D eigenvalue weighted by molar-refractivity contribution is 6.39. The van der Waals surface area contributed by atoms with Gasteiger partial charge >= 0.3 is 18.0 Å². The maximum absolute atomic E-state index is 13.4. The van der Waals surface area contributed by atoms with Crippen molar-refractivity contribution in [1.29, 1.82) is 5.26 Å². The van der Waals surface area contributed by atoms with Crippen LogP contribution in [0.15, 0.2) is 36.4 Å². The lowest BCUT2D eigenvalue weighted by atomic mass is 10.0. The first-order chi connectivity index (χ1) is 14.3. The molecular weight excluding hydrogens is 399 g/mol. The SMILES string of the molecule is N#Cc1ccc(C(F)(F)F)c(-c2cc3ccc(NC(=O)C(=O)N4CCC4)nc3[nH]2)c1. The zero-order valence-electron chi connectivity index (χ0n) is 15.4. The van der Waals surface area contributed by atoms with Crippen molar-refractivity contribution in [2.24, 2.45) is 0 Å². The minimum Gasteiger partial charge on any atom is -0.339 e. The lowest BCUT2D eigenvalue weighted by Gasteiger charge is -2.29. The van der Waals surface area contributed by atoms with Gasteiger partial charge in [-0.25, -0.2) is 4.98 Å². The van der Waals surface area contributed by atoms with E-state index in [1.165, 1.54) is 17.0 Å². The van der Waals surface area contributed by atoms with Gasteiger partial charge in [-0.2, -0.15) is 18.4 Å². The van der Waals surface area contributed by atoms with Gasteiger partial charge in [0, 0.05) is 29.7 Å². The number of fused-ring (bicyclic) bond motifs is 1. The Morgan fingerprint density at radius 1 is 1.17 bits per heavy atom. The number of aromatic amines is 1. The Bertz CT molecular complexity index is 1210. The van der Waals surface area contributed by atoms with E-state index in [0.717, 1.165) is 24.6 Å². The van der Waals surface area contributed by atoms with Crippen molar-refractivity contribution in [1.82, 2.24) is 14.9 Å². The normalized spacial score (nSPS) is 13.6. The molecule has 7 nitrogen and oxygen atoms in total. The molecule has 10 heteroatoms. The first-order valence-corrected chi connectivity index (χ1v) is 8.98. The van der Waals surface area contributed by atoms with E-state index >= 15 is 0 Å². The summed E-state index contributed by atoms with van der Waals surface area (Å²) in [6.45, 7) is 1.06. The Hall–Kier alpha value is -3.87. The second kappa shape index (κ2) is 7.18. The Kier molecular flexibility index (Phi) is 4.66. The number of carbonyl (C=O) groups excluding carboxylic acids is 2. The maximum Gasteiger partial charge on any atom is 0.417 e. The molecule has 2 N–H and O–H groups in total. The molecule has 0 unspecified atom stereocenters. The third kappa shape index (κ3) is 3.57. The van der Waals surface area contributed by atoms with Crippen molar-refractivity contribution < 1.29 is 22.8 Å². The third-order valence-corrected chi connectivity index (χ3v) is 4.80. The number of halogens is 3. The van der Waals surface area contributed by atoms with E-state index in [0.29, 0.717) is 18.5 Å². The molecule has 2 aromatic heterocycles. The van der Waals surface area contributed by atoms with Gasteiger partial charge in [-0.1, -0.05) is 0 Å². The Morgan fingerprint density at radius 3 is 2.57 bits per heavy atom. The number of rotatable bonds is 2. The molecule has 0 radical (unpaired) electrons. The first kappa shape index (κ1) is 19.4. The van der Waals surface area contributed by atoms with Crippen LogP contribution in [-0.2, 0) is 15.8 Å². The molecule has 1 fully saturated rings. The van der Waals surface area contributed by atoms with Crippen LogP contribution in [0, 0.1) is 11.3 Å². The van der Waals surface area contributed by atoms with Gasteiger partial charge in [-0.05, 0) is 42.8 Å². The van der Waals surface area contributed by atoms with Gasteiger partial charge in [0.1, 0.15) is 11.5 Å². The number of hydrogen-bond acceptors (Lipinski definition) is 4. The quantitative estimate of drug-likeness (QED) is 0.630. The first-order valence-electron chi connectivity index (χ1n) is 8.98. The predicted molar refractivity (Wildman–Crippen MR) is 101 cm³/mol. The van der Waals surface area contributed by atoms with Crippen LogP contribution in [0.1, 0.15) is 17.5 Å². The topological polar surface area (TPSA) is 102 Å². The highest BCUT2D eigenvalue weighted by Crippen LogP contribution is 2.38. The van der Waals surface area contributed by atoms with Gasteiger partial charge in [-0.15, -0.1) is 0 Å². The van der Waals surface area contributed by atoms with Crippen molar-refractivity contribution in [2.45, 2.75) is 12.6 Å². The lowest BCUT2D eigenvalue weighted by Crippen LogP contribution is -2.47. The number of carbonyl (C=O) groups is 2. The average molecular weight is 413 g/mol. The number of hydrogen-bond donors (Lipinski definition) is 2. The number of nitrogens with one attached hydrogen (secondary N) is 2. The summed E-state index contributed by atoms with van der Waals surface area (Å²) in [5, 5.41) is 12.0. The van der Waals surface area contributed by atoms with Crippen LogP contribution in [0.3, 0.4) is 0 Å². The summed E-state index contributed by atoms with van der Waals surface area (Å²) in [5.41, 5.74) is -0.626. The summed E-state index contributed by atoms with van der Waals surface area (Å²) in [6, 6.07) is 9.45. The van der Waals surface area contributed by atoms with Crippen LogP contribution < -0.4 is 5.32 Å². The molecule has 0 spiro atoms. The molecule has 3 aromatic rings. The van der Waals surface area contributed by atoms with Gasteiger partial charge < -0.3 is 15.2 Å². The Morgan fingerprint density at radius 2 is 1.93 bits per heavy atom. The van der Waals surface area contributed by atoms with Crippen molar-refractivity contribution in [3.63, 3.8) is 0 Å². The molecule has 1 aliphatic rings. The largest absolute Gasteiger partial charge is 0.417 e. The number of benzene rings is 1. The molecule has 1 aromatic carbocycles. The minimum absolute atomic E-state index is 0.0853. The van der Waals surface area contributed by atoms with E-state index in [-0.39, 0.29) is 28.3 Å². The van der Waals surface area contributed by atoms with Crippen LogP contribution in [-0.4, -0.2) is 39.8 Å². The number of likely N-dealkylation sites (tertiary alicyclic amines) is 1. The van der Waals surface area contributed by atoms with E-state index < -0.39 is 23.6 Å². The minimum atomic E-state index is -4.61. The Balaban J connectivity index is 1.67. The van der Waals surface area contributed by atoms with Gasteiger partial charge in [0.05, 0.1) is 17.2 Å². The van der Waals surface area contributed by atoms with Gasteiger partial charge in [0.2, 0.25) is 0 Å². The number of nitrogens with zero attached hydrogens (tertiary/aromatic N) is 3. The molecule has 4 rings (SSSR count). The van der Waals surface area contributed by atoms with Crippen LogP contribution in [0.4, 0.5) is 19.0 Å². The molecule has 3 heterocycles. The van der Waals surface area contributed by atoms with Gasteiger partial charge in [0.15, 0.2) is 0 Å².